The second-order valence-corrected chi connectivity index (χ2v) is 6.44. The number of benzene rings is 2. The van der Waals surface area contributed by atoms with Gasteiger partial charge in [0.15, 0.2) is 0 Å². The van der Waals surface area contributed by atoms with E-state index in [1.807, 2.05) is 12.1 Å². The van der Waals surface area contributed by atoms with Gasteiger partial charge in [-0.15, -0.1) is 0 Å². The average Bonchev–Trinajstić information content (AvgIpc) is 2.36. The topological polar surface area (TPSA) is 9.23 Å². The third-order valence-corrected chi connectivity index (χ3v) is 4.73. The first kappa shape index (κ1) is 14.6. The zero-order valence-corrected chi connectivity index (χ0v) is 14.4. The zero-order chi connectivity index (χ0) is 14.0. The molecular weight excluding hydrogens is 368 g/mol. The lowest BCUT2D eigenvalue weighted by Gasteiger charge is -2.15. The van der Waals surface area contributed by atoms with E-state index in [1.54, 1.807) is 7.11 Å². The van der Waals surface area contributed by atoms with Crippen LogP contribution in [0.1, 0.15) is 27.1 Å². The van der Waals surface area contributed by atoms with E-state index in [2.05, 4.69) is 70.0 Å². The van der Waals surface area contributed by atoms with Crippen molar-refractivity contribution < 1.29 is 4.74 Å². The summed E-state index contributed by atoms with van der Waals surface area (Å²) in [6.45, 7) is 4.25. The molecule has 0 spiro atoms. The summed E-state index contributed by atoms with van der Waals surface area (Å²) in [5, 5.41) is 0. The van der Waals surface area contributed by atoms with Gasteiger partial charge in [-0.1, -0.05) is 67.3 Å². The second-order valence-electron chi connectivity index (χ2n) is 4.67. The van der Waals surface area contributed by atoms with Gasteiger partial charge < -0.3 is 4.74 Å². The summed E-state index contributed by atoms with van der Waals surface area (Å²) in [6.07, 6.45) is 0. The van der Waals surface area contributed by atoms with Crippen molar-refractivity contribution in [3.63, 3.8) is 0 Å². The fourth-order valence-electron chi connectivity index (χ4n) is 2.18. The number of halogens is 2. The minimum Gasteiger partial charge on any atom is -0.497 e. The fraction of sp³-hybridized carbons (Fsp3) is 0.250. The van der Waals surface area contributed by atoms with Crippen molar-refractivity contribution in [1.82, 2.24) is 0 Å². The third-order valence-electron chi connectivity index (χ3n) is 3.02. The van der Waals surface area contributed by atoms with Crippen LogP contribution in [-0.2, 0) is 0 Å². The number of alkyl halides is 1. The van der Waals surface area contributed by atoms with Gasteiger partial charge in [-0.2, -0.15) is 0 Å². The van der Waals surface area contributed by atoms with Gasteiger partial charge in [0.1, 0.15) is 5.75 Å². The predicted molar refractivity (Wildman–Crippen MR) is 87.4 cm³/mol. The molecule has 0 fully saturated rings. The molecule has 0 saturated carbocycles. The molecule has 0 saturated heterocycles. The molecule has 0 heterocycles. The molecule has 19 heavy (non-hydrogen) atoms. The minimum absolute atomic E-state index is 0.173. The van der Waals surface area contributed by atoms with Crippen LogP contribution in [0.4, 0.5) is 0 Å². The van der Waals surface area contributed by atoms with Crippen LogP contribution in [0, 0.1) is 13.8 Å². The lowest BCUT2D eigenvalue weighted by atomic mass is 10.0. The predicted octanol–water partition coefficient (Wildman–Crippen LogP) is 5.56. The summed E-state index contributed by atoms with van der Waals surface area (Å²) in [6, 6.07) is 12.7. The molecule has 2 aromatic carbocycles. The smallest absolute Gasteiger partial charge is 0.120 e. The maximum absolute atomic E-state index is 5.23. The van der Waals surface area contributed by atoms with Crippen molar-refractivity contribution in [3.8, 4) is 5.75 Å². The average molecular weight is 384 g/mol. The van der Waals surface area contributed by atoms with Gasteiger partial charge in [0.2, 0.25) is 0 Å². The van der Waals surface area contributed by atoms with E-state index in [9.17, 15) is 0 Å². The van der Waals surface area contributed by atoms with Gasteiger partial charge in [0.05, 0.1) is 11.9 Å². The Morgan fingerprint density at radius 3 is 2.16 bits per heavy atom. The molecule has 0 aliphatic carbocycles. The number of methoxy groups -OCH3 is 1. The van der Waals surface area contributed by atoms with Crippen LogP contribution in [0.3, 0.4) is 0 Å². The largest absolute Gasteiger partial charge is 0.497 e. The molecule has 3 heteroatoms. The molecule has 1 unspecified atom stereocenters. The maximum Gasteiger partial charge on any atom is 0.120 e. The van der Waals surface area contributed by atoms with E-state index < -0.39 is 0 Å². The molecule has 0 aliphatic rings. The van der Waals surface area contributed by atoms with Crippen molar-refractivity contribution in [2.45, 2.75) is 18.7 Å². The highest BCUT2D eigenvalue weighted by Crippen LogP contribution is 2.37. The minimum atomic E-state index is 0.173. The number of ether oxygens (including phenoxy) is 1. The van der Waals surface area contributed by atoms with Gasteiger partial charge in [0, 0.05) is 4.47 Å². The summed E-state index contributed by atoms with van der Waals surface area (Å²) < 4.78 is 6.28. The van der Waals surface area contributed by atoms with Crippen molar-refractivity contribution in [2.24, 2.45) is 0 Å². The van der Waals surface area contributed by atoms with Crippen LogP contribution in [0.25, 0.3) is 0 Å². The molecule has 2 aromatic rings. The van der Waals surface area contributed by atoms with Gasteiger partial charge in [-0.3, -0.25) is 0 Å². The van der Waals surface area contributed by atoms with E-state index in [0.717, 1.165) is 10.2 Å². The number of hydrogen-bond acceptors (Lipinski definition) is 1. The first-order valence-electron chi connectivity index (χ1n) is 6.07. The number of hydrogen-bond donors (Lipinski definition) is 0. The highest BCUT2D eigenvalue weighted by Gasteiger charge is 2.14. The first-order valence-corrected chi connectivity index (χ1v) is 7.78. The summed E-state index contributed by atoms with van der Waals surface area (Å²) in [4.78, 5) is 0.173. The Morgan fingerprint density at radius 1 is 1.00 bits per heavy atom. The molecule has 0 N–H and O–H groups in total. The monoisotopic (exact) mass is 382 g/mol. The van der Waals surface area contributed by atoms with Crippen molar-refractivity contribution in [1.29, 1.82) is 0 Å². The van der Waals surface area contributed by atoms with Crippen molar-refractivity contribution in [3.05, 3.63) is 63.1 Å². The highest BCUT2D eigenvalue weighted by atomic mass is 79.9. The molecule has 1 nitrogen and oxygen atoms in total. The normalized spacial score (nSPS) is 12.3. The molecule has 2 rings (SSSR count). The quantitative estimate of drug-likeness (QED) is 0.630. The van der Waals surface area contributed by atoms with Crippen molar-refractivity contribution in [2.75, 3.05) is 7.11 Å². The van der Waals surface area contributed by atoms with Gasteiger partial charge in [-0.05, 0) is 37.1 Å². The van der Waals surface area contributed by atoms with E-state index in [-0.39, 0.29) is 4.83 Å². The van der Waals surface area contributed by atoms with Crippen LogP contribution in [0.5, 0.6) is 5.75 Å². The van der Waals surface area contributed by atoms with Gasteiger partial charge >= 0.3 is 0 Å². The lowest BCUT2D eigenvalue weighted by molar-refractivity contribution is 0.414. The molecular formula is C16H16Br2O. The Bertz CT molecular complexity index is 573. The Labute approximate surface area is 131 Å². The molecule has 0 amide bonds. The summed E-state index contributed by atoms with van der Waals surface area (Å²) in [7, 11) is 1.68. The first-order chi connectivity index (χ1) is 9.01. The Balaban J connectivity index is 2.40. The molecule has 100 valence electrons. The third kappa shape index (κ3) is 3.40. The number of aryl methyl sites for hydroxylation is 2. The highest BCUT2D eigenvalue weighted by molar-refractivity contribution is 9.11. The second kappa shape index (κ2) is 6.10. The summed E-state index contributed by atoms with van der Waals surface area (Å²) >= 11 is 7.40. The van der Waals surface area contributed by atoms with Crippen molar-refractivity contribution >= 4 is 31.9 Å². The zero-order valence-electron chi connectivity index (χ0n) is 11.2. The van der Waals surface area contributed by atoms with Crippen LogP contribution >= 0.6 is 31.9 Å². The molecule has 0 radical (unpaired) electrons. The molecule has 0 bridgehead atoms. The molecule has 1 atom stereocenters. The van der Waals surface area contributed by atoms with Gasteiger partial charge in [0.25, 0.3) is 0 Å². The fourth-order valence-corrected chi connectivity index (χ4v) is 3.73. The molecule has 0 aliphatic heterocycles. The Morgan fingerprint density at radius 2 is 1.63 bits per heavy atom. The summed E-state index contributed by atoms with van der Waals surface area (Å²) in [5.74, 6) is 0.857. The van der Waals surface area contributed by atoms with E-state index in [4.69, 9.17) is 4.74 Å². The summed E-state index contributed by atoms with van der Waals surface area (Å²) in [5.41, 5.74) is 5.03. The van der Waals surface area contributed by atoms with Crippen LogP contribution in [0.2, 0.25) is 0 Å². The van der Waals surface area contributed by atoms with Crippen LogP contribution < -0.4 is 4.74 Å². The lowest BCUT2D eigenvalue weighted by Crippen LogP contribution is -1.96. The molecule has 0 aromatic heterocycles. The Kier molecular flexibility index (Phi) is 4.69. The van der Waals surface area contributed by atoms with E-state index in [0.29, 0.717) is 0 Å². The Hall–Kier alpha value is -0.800. The van der Waals surface area contributed by atoms with E-state index in [1.165, 1.54) is 22.3 Å². The van der Waals surface area contributed by atoms with E-state index >= 15 is 0 Å². The standard InChI is InChI=1S/C16H16Br2O/c1-10-6-11(2)8-12(7-10)16(18)14-5-4-13(19-3)9-15(14)17/h4-9,16H,1-3H3. The maximum atomic E-state index is 5.23. The van der Waals surface area contributed by atoms with Gasteiger partial charge in [-0.25, -0.2) is 0 Å². The SMILES string of the molecule is COc1ccc(C(Br)c2cc(C)cc(C)c2)c(Br)c1. The number of rotatable bonds is 3. The van der Waals surface area contributed by atoms with Crippen LogP contribution in [0.15, 0.2) is 40.9 Å². The van der Waals surface area contributed by atoms with Crippen LogP contribution in [-0.4, -0.2) is 7.11 Å².